The number of benzene rings is 2. The van der Waals surface area contributed by atoms with Crippen molar-refractivity contribution in [3.8, 4) is 11.5 Å². The number of hydrogen-bond acceptors (Lipinski definition) is 5. The highest BCUT2D eigenvalue weighted by Crippen LogP contribution is 2.35. The van der Waals surface area contributed by atoms with Crippen LogP contribution < -0.4 is 9.47 Å². The monoisotopic (exact) mass is 364 g/mol. The van der Waals surface area contributed by atoms with E-state index in [0.29, 0.717) is 17.1 Å². The minimum atomic E-state index is -0.834. The van der Waals surface area contributed by atoms with E-state index in [9.17, 15) is 14.0 Å². The van der Waals surface area contributed by atoms with E-state index in [4.69, 9.17) is 13.9 Å². The van der Waals surface area contributed by atoms with Gasteiger partial charge in [0.2, 0.25) is 5.78 Å². The van der Waals surface area contributed by atoms with Crippen LogP contribution in [0.4, 0.5) is 4.39 Å². The Labute approximate surface area is 153 Å². The smallest absolute Gasteiger partial charge is 0.346 e. The Balaban J connectivity index is 1.57. The molecular formula is C21H13FO5. The first-order valence-electron chi connectivity index (χ1n) is 8.13. The van der Waals surface area contributed by atoms with Gasteiger partial charge in [0.1, 0.15) is 28.8 Å². The van der Waals surface area contributed by atoms with Gasteiger partial charge in [0.15, 0.2) is 5.76 Å². The van der Waals surface area contributed by atoms with Crippen LogP contribution in [0.1, 0.15) is 32.2 Å². The SMILES string of the molecule is Cc1ccc(/C=C2/Oc3cc(OC(=O)c4ccccc4F)ccc3C2=O)o1. The van der Waals surface area contributed by atoms with Crippen molar-refractivity contribution in [3.05, 3.63) is 88.8 Å². The summed E-state index contributed by atoms with van der Waals surface area (Å²) in [6.07, 6.45) is 1.50. The Hall–Kier alpha value is -3.67. The van der Waals surface area contributed by atoms with Gasteiger partial charge in [0.25, 0.3) is 0 Å². The van der Waals surface area contributed by atoms with Crippen molar-refractivity contribution in [1.29, 1.82) is 0 Å². The number of carbonyl (C=O) groups is 2. The normalized spacial score (nSPS) is 14.1. The zero-order valence-corrected chi connectivity index (χ0v) is 14.2. The van der Waals surface area contributed by atoms with E-state index in [-0.39, 0.29) is 28.6 Å². The van der Waals surface area contributed by atoms with Crippen molar-refractivity contribution < 1.29 is 27.9 Å². The predicted molar refractivity (Wildman–Crippen MR) is 94.2 cm³/mol. The van der Waals surface area contributed by atoms with Crippen molar-refractivity contribution in [2.45, 2.75) is 6.92 Å². The van der Waals surface area contributed by atoms with Gasteiger partial charge in [0, 0.05) is 12.1 Å². The molecule has 3 aromatic rings. The lowest BCUT2D eigenvalue weighted by atomic mass is 10.1. The molecule has 0 N–H and O–H groups in total. The highest BCUT2D eigenvalue weighted by Gasteiger charge is 2.28. The summed E-state index contributed by atoms with van der Waals surface area (Å²) in [4.78, 5) is 24.5. The summed E-state index contributed by atoms with van der Waals surface area (Å²) in [5, 5.41) is 0. The first kappa shape index (κ1) is 16.8. The number of fused-ring (bicyclic) bond motifs is 1. The van der Waals surface area contributed by atoms with Crippen LogP contribution in [-0.4, -0.2) is 11.8 Å². The molecule has 0 unspecified atom stereocenters. The molecule has 0 atom stereocenters. The number of Topliss-reactive ketones (excluding diaryl/α,β-unsaturated/α-hetero) is 1. The largest absolute Gasteiger partial charge is 0.462 e. The van der Waals surface area contributed by atoms with E-state index >= 15 is 0 Å². The maximum Gasteiger partial charge on any atom is 0.346 e. The molecule has 0 saturated heterocycles. The van der Waals surface area contributed by atoms with Gasteiger partial charge in [-0.1, -0.05) is 12.1 Å². The van der Waals surface area contributed by atoms with Crippen molar-refractivity contribution in [2.75, 3.05) is 0 Å². The fraction of sp³-hybridized carbons (Fsp3) is 0.0476. The van der Waals surface area contributed by atoms with Gasteiger partial charge in [-0.05, 0) is 43.3 Å². The van der Waals surface area contributed by atoms with Gasteiger partial charge in [-0.25, -0.2) is 9.18 Å². The van der Waals surface area contributed by atoms with Gasteiger partial charge in [-0.3, -0.25) is 4.79 Å². The second-order valence-electron chi connectivity index (χ2n) is 5.92. The molecular weight excluding hydrogens is 351 g/mol. The number of allylic oxidation sites excluding steroid dienone is 1. The topological polar surface area (TPSA) is 65.7 Å². The van der Waals surface area contributed by atoms with E-state index < -0.39 is 11.8 Å². The second kappa shape index (κ2) is 6.57. The molecule has 0 saturated carbocycles. The lowest BCUT2D eigenvalue weighted by Crippen LogP contribution is -2.10. The molecule has 2 heterocycles. The molecule has 0 radical (unpaired) electrons. The first-order valence-corrected chi connectivity index (χ1v) is 8.13. The number of furan rings is 1. The molecule has 1 aliphatic heterocycles. The van der Waals surface area contributed by atoms with E-state index in [0.717, 1.165) is 0 Å². The molecule has 134 valence electrons. The van der Waals surface area contributed by atoms with Crippen molar-refractivity contribution in [3.63, 3.8) is 0 Å². The summed E-state index contributed by atoms with van der Waals surface area (Å²) in [6.45, 7) is 1.80. The number of halogens is 1. The Morgan fingerprint density at radius 3 is 2.67 bits per heavy atom. The molecule has 0 fully saturated rings. The lowest BCUT2D eigenvalue weighted by Gasteiger charge is -2.06. The second-order valence-corrected chi connectivity index (χ2v) is 5.92. The van der Waals surface area contributed by atoms with E-state index in [1.54, 1.807) is 19.1 Å². The summed E-state index contributed by atoms with van der Waals surface area (Å²) >= 11 is 0. The third-order valence-electron chi connectivity index (χ3n) is 3.98. The number of hydrogen-bond donors (Lipinski definition) is 0. The number of ketones is 1. The number of esters is 1. The Morgan fingerprint density at radius 2 is 1.93 bits per heavy atom. The summed E-state index contributed by atoms with van der Waals surface area (Å²) in [7, 11) is 0. The van der Waals surface area contributed by atoms with Crippen LogP contribution in [0.3, 0.4) is 0 Å². The van der Waals surface area contributed by atoms with Crippen LogP contribution >= 0.6 is 0 Å². The molecule has 0 amide bonds. The Kier molecular flexibility index (Phi) is 4.08. The van der Waals surface area contributed by atoms with Crippen molar-refractivity contribution in [2.24, 2.45) is 0 Å². The van der Waals surface area contributed by atoms with Crippen molar-refractivity contribution in [1.82, 2.24) is 0 Å². The minimum absolute atomic E-state index is 0.108. The maximum absolute atomic E-state index is 13.7. The molecule has 27 heavy (non-hydrogen) atoms. The molecule has 5 nitrogen and oxygen atoms in total. The summed E-state index contributed by atoms with van der Waals surface area (Å²) in [6, 6.07) is 13.4. The number of ether oxygens (including phenoxy) is 2. The van der Waals surface area contributed by atoms with Gasteiger partial charge >= 0.3 is 5.97 Å². The van der Waals surface area contributed by atoms with Crippen LogP contribution in [0, 0.1) is 12.7 Å². The number of aryl methyl sites for hydroxylation is 1. The number of carbonyl (C=O) groups excluding carboxylic acids is 2. The molecule has 2 aromatic carbocycles. The van der Waals surface area contributed by atoms with Crippen molar-refractivity contribution >= 4 is 17.8 Å². The van der Waals surface area contributed by atoms with Gasteiger partial charge in [-0.2, -0.15) is 0 Å². The number of rotatable bonds is 3. The molecule has 4 rings (SSSR count). The average molecular weight is 364 g/mol. The van der Waals surface area contributed by atoms with Gasteiger partial charge in [-0.15, -0.1) is 0 Å². The average Bonchev–Trinajstić information content (AvgIpc) is 3.19. The van der Waals surface area contributed by atoms with E-state index in [2.05, 4.69) is 0 Å². The standard InChI is InChI=1S/C21H13FO5/c1-12-6-7-13(25-12)11-19-20(23)16-9-8-14(10-18(16)27-19)26-21(24)15-4-2-3-5-17(15)22/h2-11H,1H3/b19-11+. The first-order chi connectivity index (χ1) is 13.0. The lowest BCUT2D eigenvalue weighted by molar-refractivity contribution is 0.0729. The fourth-order valence-corrected chi connectivity index (χ4v) is 2.68. The highest BCUT2D eigenvalue weighted by atomic mass is 19.1. The zero-order chi connectivity index (χ0) is 19.0. The maximum atomic E-state index is 13.7. The van der Waals surface area contributed by atoms with Crippen LogP contribution in [0.15, 0.2) is 64.8 Å². The Morgan fingerprint density at radius 1 is 1.11 bits per heavy atom. The molecule has 1 aliphatic rings. The van der Waals surface area contributed by atoms with E-state index in [1.807, 2.05) is 0 Å². The summed E-state index contributed by atoms with van der Waals surface area (Å²) in [5.74, 6) is -0.0866. The Bertz CT molecular complexity index is 1090. The third-order valence-corrected chi connectivity index (χ3v) is 3.98. The van der Waals surface area contributed by atoms with Crippen LogP contribution in [0.25, 0.3) is 6.08 Å². The summed E-state index contributed by atoms with van der Waals surface area (Å²) in [5.41, 5.74) is 0.166. The highest BCUT2D eigenvalue weighted by molar-refractivity contribution is 6.14. The quantitative estimate of drug-likeness (QED) is 0.387. The molecule has 1 aromatic heterocycles. The minimum Gasteiger partial charge on any atom is -0.462 e. The van der Waals surface area contributed by atoms with Crippen LogP contribution in [0.5, 0.6) is 11.5 Å². The molecule has 0 bridgehead atoms. The predicted octanol–water partition coefficient (Wildman–Crippen LogP) is 4.56. The van der Waals surface area contributed by atoms with Crippen LogP contribution in [0.2, 0.25) is 0 Å². The zero-order valence-electron chi connectivity index (χ0n) is 14.2. The van der Waals surface area contributed by atoms with E-state index in [1.165, 1.54) is 48.5 Å². The van der Waals surface area contributed by atoms with Gasteiger partial charge in [0.05, 0.1) is 11.1 Å². The molecule has 6 heteroatoms. The summed E-state index contributed by atoms with van der Waals surface area (Å²) < 4.78 is 29.9. The third kappa shape index (κ3) is 3.25. The van der Waals surface area contributed by atoms with Crippen LogP contribution in [-0.2, 0) is 0 Å². The fourth-order valence-electron chi connectivity index (χ4n) is 2.68. The molecule has 0 spiro atoms. The molecule has 0 aliphatic carbocycles. The van der Waals surface area contributed by atoms with Gasteiger partial charge < -0.3 is 13.9 Å².